The van der Waals surface area contributed by atoms with Gasteiger partial charge in [-0.05, 0) is 23.8 Å². The Bertz CT molecular complexity index is 887. The minimum absolute atomic E-state index is 0.0559. The molecule has 0 fully saturated rings. The second kappa shape index (κ2) is 4.96. The highest BCUT2D eigenvalue weighted by molar-refractivity contribution is 6.31. The lowest BCUT2D eigenvalue weighted by Gasteiger charge is -2.02. The van der Waals surface area contributed by atoms with Crippen molar-refractivity contribution in [3.05, 3.63) is 46.7 Å². The van der Waals surface area contributed by atoms with E-state index < -0.39 is 0 Å². The maximum absolute atomic E-state index is 12.3. The molecule has 21 heavy (non-hydrogen) atoms. The highest BCUT2D eigenvalue weighted by atomic mass is 35.5. The molecular weight excluding hydrogens is 290 g/mol. The van der Waals surface area contributed by atoms with E-state index in [1.165, 1.54) is 6.20 Å². The van der Waals surface area contributed by atoms with Crippen LogP contribution in [0.4, 0.5) is 5.82 Å². The fourth-order valence-corrected chi connectivity index (χ4v) is 2.35. The molecule has 0 saturated heterocycles. The molecule has 104 valence electrons. The van der Waals surface area contributed by atoms with E-state index in [2.05, 4.69) is 10.1 Å². The molecule has 3 N–H and O–H groups in total. The maximum atomic E-state index is 12.3. The van der Waals surface area contributed by atoms with Crippen molar-refractivity contribution in [3.63, 3.8) is 0 Å². The highest BCUT2D eigenvalue weighted by Gasteiger charge is 2.16. The average molecular weight is 300 g/mol. The van der Waals surface area contributed by atoms with E-state index >= 15 is 0 Å². The van der Waals surface area contributed by atoms with Crippen LogP contribution in [0.2, 0.25) is 5.02 Å². The van der Waals surface area contributed by atoms with Crippen LogP contribution < -0.4 is 5.73 Å². The van der Waals surface area contributed by atoms with Crippen LogP contribution in [0.25, 0.3) is 10.9 Å². The molecule has 6 nitrogen and oxygen atoms in total. The van der Waals surface area contributed by atoms with Crippen molar-refractivity contribution >= 4 is 34.2 Å². The summed E-state index contributed by atoms with van der Waals surface area (Å²) in [5.74, 6) is -0.254. The molecule has 7 heteroatoms. The summed E-state index contributed by atoms with van der Waals surface area (Å²) < 4.78 is 1.04. The van der Waals surface area contributed by atoms with Gasteiger partial charge in [-0.2, -0.15) is 15.0 Å². The summed E-state index contributed by atoms with van der Waals surface area (Å²) in [4.78, 5) is 15.3. The summed E-state index contributed by atoms with van der Waals surface area (Å²) in [6.45, 7) is 0. The molecule has 0 aliphatic carbocycles. The molecule has 0 atom stereocenters. The van der Waals surface area contributed by atoms with Crippen LogP contribution >= 0.6 is 11.6 Å². The van der Waals surface area contributed by atoms with Crippen molar-refractivity contribution < 1.29 is 4.79 Å². The summed E-state index contributed by atoms with van der Waals surface area (Å²) in [5.41, 5.74) is 7.59. The molecule has 0 unspecified atom stereocenters. The zero-order valence-corrected chi connectivity index (χ0v) is 11.6. The molecule has 0 aliphatic heterocycles. The number of nitrogens with two attached hydrogens (primary N) is 1. The summed E-state index contributed by atoms with van der Waals surface area (Å²) in [5, 5.41) is 14.2. The van der Waals surface area contributed by atoms with Crippen molar-refractivity contribution in [2.75, 3.05) is 5.73 Å². The number of hydrogen-bond acceptors (Lipinski definition) is 4. The van der Waals surface area contributed by atoms with Crippen molar-refractivity contribution in [2.45, 2.75) is 6.42 Å². The third-order valence-corrected chi connectivity index (χ3v) is 3.47. The standard InChI is InChI=1S/C14H10ClN5O/c15-10-1-2-12-11(4-10)8(6-18-12)3-13(21)20-14(17)9(5-16)7-19-20/h1-2,4,6-7,18H,3,17H2. The Morgan fingerprint density at radius 3 is 3.05 bits per heavy atom. The number of anilines is 1. The number of nitrogen functional groups attached to an aromatic ring is 1. The minimum Gasteiger partial charge on any atom is -0.382 e. The van der Waals surface area contributed by atoms with Gasteiger partial charge in [0.15, 0.2) is 0 Å². The van der Waals surface area contributed by atoms with Crippen LogP contribution in [0.1, 0.15) is 15.9 Å². The number of carbonyl (C=O) groups is 1. The average Bonchev–Trinajstić information content (AvgIpc) is 3.02. The van der Waals surface area contributed by atoms with Gasteiger partial charge in [0.2, 0.25) is 0 Å². The largest absolute Gasteiger partial charge is 0.382 e. The van der Waals surface area contributed by atoms with E-state index in [0.717, 1.165) is 21.1 Å². The number of nitriles is 1. The van der Waals surface area contributed by atoms with Gasteiger partial charge in [-0.3, -0.25) is 4.79 Å². The van der Waals surface area contributed by atoms with Crippen LogP contribution in [0.15, 0.2) is 30.6 Å². The van der Waals surface area contributed by atoms with E-state index in [0.29, 0.717) is 5.02 Å². The number of halogens is 1. The molecule has 2 heterocycles. The normalized spacial score (nSPS) is 10.7. The second-order valence-electron chi connectivity index (χ2n) is 4.54. The van der Waals surface area contributed by atoms with Gasteiger partial charge in [-0.15, -0.1) is 0 Å². The van der Waals surface area contributed by atoms with E-state index in [9.17, 15) is 4.79 Å². The molecule has 0 aliphatic rings. The lowest BCUT2D eigenvalue weighted by Crippen LogP contribution is -2.17. The number of nitrogens with zero attached hydrogens (tertiary/aromatic N) is 3. The zero-order valence-electron chi connectivity index (χ0n) is 10.8. The van der Waals surface area contributed by atoms with Crippen molar-refractivity contribution in [1.82, 2.24) is 14.8 Å². The van der Waals surface area contributed by atoms with Gasteiger partial charge in [0.25, 0.3) is 5.91 Å². The lowest BCUT2D eigenvalue weighted by atomic mass is 10.1. The van der Waals surface area contributed by atoms with E-state index in [4.69, 9.17) is 22.6 Å². The fourth-order valence-electron chi connectivity index (χ4n) is 2.18. The first-order valence-corrected chi connectivity index (χ1v) is 6.50. The molecule has 0 bridgehead atoms. The SMILES string of the molecule is N#Cc1cnn(C(=O)Cc2c[nH]c3ccc(Cl)cc23)c1N. The number of aromatic amines is 1. The van der Waals surface area contributed by atoms with E-state index in [-0.39, 0.29) is 23.7 Å². The molecular formula is C14H10ClN5O. The van der Waals surface area contributed by atoms with Gasteiger partial charge in [0, 0.05) is 22.1 Å². The monoisotopic (exact) mass is 299 g/mol. The first-order valence-electron chi connectivity index (χ1n) is 6.12. The smallest absolute Gasteiger partial charge is 0.253 e. The van der Waals surface area contributed by atoms with Crippen molar-refractivity contribution in [3.8, 4) is 6.07 Å². The fraction of sp³-hybridized carbons (Fsp3) is 0.0714. The maximum Gasteiger partial charge on any atom is 0.253 e. The predicted molar refractivity (Wildman–Crippen MR) is 79.0 cm³/mol. The first kappa shape index (κ1) is 13.2. The number of nitrogens with one attached hydrogen (secondary N) is 1. The minimum atomic E-state index is -0.310. The molecule has 0 radical (unpaired) electrons. The lowest BCUT2D eigenvalue weighted by molar-refractivity contribution is 0.0902. The Labute approximate surface area is 124 Å². The molecule has 2 aromatic heterocycles. The van der Waals surface area contributed by atoms with Gasteiger partial charge < -0.3 is 10.7 Å². The zero-order chi connectivity index (χ0) is 15.0. The number of fused-ring (bicyclic) bond motifs is 1. The van der Waals surface area contributed by atoms with Crippen molar-refractivity contribution in [1.29, 1.82) is 5.26 Å². The van der Waals surface area contributed by atoms with Crippen LogP contribution in [-0.2, 0) is 6.42 Å². The summed E-state index contributed by atoms with van der Waals surface area (Å²) in [6, 6.07) is 7.30. The summed E-state index contributed by atoms with van der Waals surface area (Å²) in [6.07, 6.45) is 3.14. The van der Waals surface area contributed by atoms with Crippen LogP contribution in [-0.4, -0.2) is 20.7 Å². The number of rotatable bonds is 2. The Morgan fingerprint density at radius 2 is 2.33 bits per heavy atom. The number of hydrogen-bond donors (Lipinski definition) is 2. The third-order valence-electron chi connectivity index (χ3n) is 3.23. The van der Waals surface area contributed by atoms with Gasteiger partial charge in [-0.1, -0.05) is 11.6 Å². The molecule has 3 rings (SSSR count). The summed E-state index contributed by atoms with van der Waals surface area (Å²) in [7, 11) is 0. The molecule has 1 aromatic carbocycles. The summed E-state index contributed by atoms with van der Waals surface area (Å²) >= 11 is 5.98. The number of aromatic nitrogens is 3. The van der Waals surface area contributed by atoms with Crippen LogP contribution in [0.3, 0.4) is 0 Å². The van der Waals surface area contributed by atoms with Gasteiger partial charge in [-0.25, -0.2) is 0 Å². The quantitative estimate of drug-likeness (QED) is 0.758. The van der Waals surface area contributed by atoms with Crippen LogP contribution in [0.5, 0.6) is 0 Å². The highest BCUT2D eigenvalue weighted by Crippen LogP contribution is 2.23. The van der Waals surface area contributed by atoms with E-state index in [1.54, 1.807) is 18.3 Å². The Morgan fingerprint density at radius 1 is 1.52 bits per heavy atom. The Hall–Kier alpha value is -2.78. The van der Waals surface area contributed by atoms with Gasteiger partial charge in [0.05, 0.1) is 12.6 Å². The topological polar surface area (TPSA) is 100 Å². The number of benzene rings is 1. The third kappa shape index (κ3) is 2.24. The second-order valence-corrected chi connectivity index (χ2v) is 4.98. The van der Waals surface area contributed by atoms with Gasteiger partial charge >= 0.3 is 0 Å². The Balaban J connectivity index is 1.95. The number of carbonyl (C=O) groups excluding carboxylic acids is 1. The van der Waals surface area contributed by atoms with Crippen molar-refractivity contribution in [2.24, 2.45) is 0 Å². The Kier molecular flexibility index (Phi) is 3.12. The van der Waals surface area contributed by atoms with E-state index in [1.807, 2.05) is 12.1 Å². The van der Waals surface area contributed by atoms with Gasteiger partial charge in [0.1, 0.15) is 17.5 Å². The molecule has 0 saturated carbocycles. The van der Waals surface area contributed by atoms with Crippen LogP contribution in [0, 0.1) is 11.3 Å². The predicted octanol–water partition coefficient (Wildman–Crippen LogP) is 2.35. The first-order chi connectivity index (χ1) is 10.1. The molecule has 0 amide bonds. The molecule has 0 spiro atoms. The molecule has 3 aromatic rings. The number of H-pyrrole nitrogens is 1.